The van der Waals surface area contributed by atoms with Gasteiger partial charge in [-0.15, -0.1) is 0 Å². The Kier molecular flexibility index (Phi) is 4.20. The van der Waals surface area contributed by atoms with E-state index in [1.165, 1.54) is 35.7 Å². The molecule has 1 aliphatic rings. The van der Waals surface area contributed by atoms with Crippen LogP contribution in [0, 0.1) is 5.82 Å². The molecule has 112 valence electrons. The molecule has 1 unspecified atom stereocenters. The minimum atomic E-state index is -0.176. The van der Waals surface area contributed by atoms with Gasteiger partial charge in [0.05, 0.1) is 5.52 Å². The summed E-state index contributed by atoms with van der Waals surface area (Å²) in [7, 11) is 0. The predicted octanol–water partition coefficient (Wildman–Crippen LogP) is 4.14. The van der Waals surface area contributed by atoms with Crippen LogP contribution in [0.3, 0.4) is 0 Å². The van der Waals surface area contributed by atoms with E-state index in [1.54, 1.807) is 6.07 Å². The molecule has 0 aliphatic heterocycles. The van der Waals surface area contributed by atoms with E-state index in [1.807, 2.05) is 6.07 Å². The SMILES string of the molecule is CCC(C)NCc1c2c(nc3ccc(F)cc13)CCCC2. The summed E-state index contributed by atoms with van der Waals surface area (Å²) >= 11 is 0. The molecule has 21 heavy (non-hydrogen) atoms. The van der Waals surface area contributed by atoms with Crippen molar-refractivity contribution in [3.05, 3.63) is 40.8 Å². The Morgan fingerprint density at radius 2 is 2.10 bits per heavy atom. The van der Waals surface area contributed by atoms with Gasteiger partial charge in [0.15, 0.2) is 0 Å². The molecule has 0 radical (unpaired) electrons. The molecule has 0 saturated heterocycles. The third kappa shape index (κ3) is 2.93. The van der Waals surface area contributed by atoms with E-state index in [0.29, 0.717) is 6.04 Å². The lowest BCUT2D eigenvalue weighted by Gasteiger charge is -2.22. The van der Waals surface area contributed by atoms with Crippen molar-refractivity contribution in [3.8, 4) is 0 Å². The number of rotatable bonds is 4. The summed E-state index contributed by atoms with van der Waals surface area (Å²) in [5, 5.41) is 4.54. The lowest BCUT2D eigenvalue weighted by molar-refractivity contribution is 0.531. The van der Waals surface area contributed by atoms with Crippen LogP contribution in [0.5, 0.6) is 0 Å². The summed E-state index contributed by atoms with van der Waals surface area (Å²) in [6.07, 6.45) is 5.65. The Morgan fingerprint density at radius 1 is 1.29 bits per heavy atom. The molecule has 1 N–H and O–H groups in total. The molecule has 1 heterocycles. The molecule has 0 saturated carbocycles. The lowest BCUT2D eigenvalue weighted by atomic mass is 9.89. The third-order valence-electron chi connectivity index (χ3n) is 4.58. The van der Waals surface area contributed by atoms with Crippen LogP contribution in [0.1, 0.15) is 49.9 Å². The monoisotopic (exact) mass is 286 g/mol. The summed E-state index contributed by atoms with van der Waals surface area (Å²) in [6.45, 7) is 5.17. The maximum absolute atomic E-state index is 13.7. The average Bonchev–Trinajstić information content (AvgIpc) is 2.51. The first-order valence-electron chi connectivity index (χ1n) is 8.02. The molecule has 3 rings (SSSR count). The smallest absolute Gasteiger partial charge is 0.123 e. The highest BCUT2D eigenvalue weighted by Gasteiger charge is 2.18. The summed E-state index contributed by atoms with van der Waals surface area (Å²) in [4.78, 5) is 4.77. The molecule has 0 fully saturated rings. The van der Waals surface area contributed by atoms with E-state index >= 15 is 0 Å². The molecular formula is C18H23FN2. The molecule has 1 aliphatic carbocycles. The molecule has 1 aromatic heterocycles. The van der Waals surface area contributed by atoms with Gasteiger partial charge in [-0.05, 0) is 68.4 Å². The number of pyridine rings is 1. The fourth-order valence-electron chi connectivity index (χ4n) is 3.12. The lowest BCUT2D eigenvalue weighted by Crippen LogP contribution is -2.26. The van der Waals surface area contributed by atoms with Crippen molar-refractivity contribution in [3.63, 3.8) is 0 Å². The predicted molar refractivity (Wildman–Crippen MR) is 84.9 cm³/mol. The van der Waals surface area contributed by atoms with Gasteiger partial charge in [-0.25, -0.2) is 4.39 Å². The molecule has 0 spiro atoms. The van der Waals surface area contributed by atoms with E-state index in [4.69, 9.17) is 4.98 Å². The zero-order valence-corrected chi connectivity index (χ0v) is 12.9. The van der Waals surface area contributed by atoms with Gasteiger partial charge in [0.1, 0.15) is 5.82 Å². The Balaban J connectivity index is 2.10. The maximum Gasteiger partial charge on any atom is 0.123 e. The van der Waals surface area contributed by atoms with Crippen molar-refractivity contribution in [2.75, 3.05) is 0 Å². The second kappa shape index (κ2) is 6.10. The number of hydrogen-bond acceptors (Lipinski definition) is 2. The molecule has 2 nitrogen and oxygen atoms in total. The number of nitrogens with zero attached hydrogens (tertiary/aromatic N) is 1. The van der Waals surface area contributed by atoms with Crippen LogP contribution in [0.25, 0.3) is 10.9 Å². The van der Waals surface area contributed by atoms with Gasteiger partial charge in [-0.1, -0.05) is 6.92 Å². The number of nitrogens with one attached hydrogen (secondary N) is 1. The highest BCUT2D eigenvalue weighted by Crippen LogP contribution is 2.29. The van der Waals surface area contributed by atoms with Crippen LogP contribution < -0.4 is 5.32 Å². The number of aryl methyl sites for hydroxylation is 1. The minimum Gasteiger partial charge on any atom is -0.310 e. The van der Waals surface area contributed by atoms with Crippen molar-refractivity contribution in [1.82, 2.24) is 10.3 Å². The zero-order valence-electron chi connectivity index (χ0n) is 12.9. The van der Waals surface area contributed by atoms with E-state index in [9.17, 15) is 4.39 Å². The van der Waals surface area contributed by atoms with Crippen LogP contribution in [0.2, 0.25) is 0 Å². The first kappa shape index (κ1) is 14.5. The van der Waals surface area contributed by atoms with Gasteiger partial charge < -0.3 is 5.32 Å². The molecule has 1 aromatic carbocycles. The molecule has 2 aromatic rings. The minimum absolute atomic E-state index is 0.176. The van der Waals surface area contributed by atoms with E-state index in [-0.39, 0.29) is 5.82 Å². The molecule has 3 heteroatoms. The van der Waals surface area contributed by atoms with Crippen LogP contribution in [0.4, 0.5) is 4.39 Å². The van der Waals surface area contributed by atoms with E-state index < -0.39 is 0 Å². The van der Waals surface area contributed by atoms with Crippen LogP contribution in [-0.4, -0.2) is 11.0 Å². The van der Waals surface area contributed by atoms with Gasteiger partial charge in [0, 0.05) is 23.7 Å². The number of halogens is 1. The molecule has 1 atom stereocenters. The molecule has 0 amide bonds. The largest absolute Gasteiger partial charge is 0.310 e. The Bertz CT molecular complexity index is 651. The molecular weight excluding hydrogens is 263 g/mol. The summed E-state index contributed by atoms with van der Waals surface area (Å²) in [5.74, 6) is -0.176. The number of hydrogen-bond donors (Lipinski definition) is 1. The summed E-state index contributed by atoms with van der Waals surface area (Å²) in [5.41, 5.74) is 4.77. The van der Waals surface area contributed by atoms with Crippen LogP contribution in [-0.2, 0) is 19.4 Å². The topological polar surface area (TPSA) is 24.9 Å². The van der Waals surface area contributed by atoms with Crippen LogP contribution >= 0.6 is 0 Å². The Hall–Kier alpha value is -1.48. The quantitative estimate of drug-likeness (QED) is 0.913. The Morgan fingerprint density at radius 3 is 2.90 bits per heavy atom. The second-order valence-corrected chi connectivity index (χ2v) is 6.07. The average molecular weight is 286 g/mol. The van der Waals surface area contributed by atoms with Crippen molar-refractivity contribution < 1.29 is 4.39 Å². The second-order valence-electron chi connectivity index (χ2n) is 6.07. The highest BCUT2D eigenvalue weighted by atomic mass is 19.1. The first-order valence-corrected chi connectivity index (χ1v) is 8.02. The Labute approximate surface area is 125 Å². The van der Waals surface area contributed by atoms with Gasteiger partial charge >= 0.3 is 0 Å². The fraction of sp³-hybridized carbons (Fsp3) is 0.500. The molecule has 0 bridgehead atoms. The standard InChI is InChI=1S/C18H23FN2/c1-3-12(2)20-11-16-14-6-4-5-7-17(14)21-18-9-8-13(19)10-15(16)18/h8-10,12,20H,3-7,11H2,1-2H3. The van der Waals surface area contributed by atoms with E-state index in [0.717, 1.165) is 36.7 Å². The normalized spacial score (nSPS) is 16.0. The third-order valence-corrected chi connectivity index (χ3v) is 4.58. The van der Waals surface area contributed by atoms with Gasteiger partial charge in [-0.2, -0.15) is 0 Å². The number of fused-ring (bicyclic) bond motifs is 2. The van der Waals surface area contributed by atoms with Gasteiger partial charge in [0.25, 0.3) is 0 Å². The van der Waals surface area contributed by atoms with Crippen molar-refractivity contribution >= 4 is 10.9 Å². The van der Waals surface area contributed by atoms with Gasteiger partial charge in [-0.3, -0.25) is 4.98 Å². The maximum atomic E-state index is 13.7. The zero-order chi connectivity index (χ0) is 14.8. The van der Waals surface area contributed by atoms with Crippen molar-refractivity contribution in [2.24, 2.45) is 0 Å². The summed E-state index contributed by atoms with van der Waals surface area (Å²) in [6, 6.07) is 5.44. The van der Waals surface area contributed by atoms with Crippen molar-refractivity contribution in [1.29, 1.82) is 0 Å². The fourth-order valence-corrected chi connectivity index (χ4v) is 3.12. The highest BCUT2D eigenvalue weighted by molar-refractivity contribution is 5.84. The summed E-state index contributed by atoms with van der Waals surface area (Å²) < 4.78 is 13.7. The number of aromatic nitrogens is 1. The van der Waals surface area contributed by atoms with Crippen molar-refractivity contribution in [2.45, 2.75) is 58.5 Å². The van der Waals surface area contributed by atoms with Gasteiger partial charge in [0.2, 0.25) is 0 Å². The van der Waals surface area contributed by atoms with Crippen LogP contribution in [0.15, 0.2) is 18.2 Å². The van der Waals surface area contributed by atoms with E-state index in [2.05, 4.69) is 19.2 Å². The first-order chi connectivity index (χ1) is 10.2. The number of benzene rings is 1.